The summed E-state index contributed by atoms with van der Waals surface area (Å²) in [7, 11) is 5.84. The summed E-state index contributed by atoms with van der Waals surface area (Å²) in [6.45, 7) is 5.77. The maximum atomic E-state index is 14.9. The first kappa shape index (κ1) is 16.1. The zero-order valence-corrected chi connectivity index (χ0v) is 13.5. The van der Waals surface area contributed by atoms with E-state index in [-0.39, 0.29) is 17.1 Å². The monoisotopic (exact) mass is 314 g/mol. The van der Waals surface area contributed by atoms with Crippen molar-refractivity contribution in [3.8, 4) is 0 Å². The number of rotatable bonds is 3. The molecule has 0 spiro atoms. The van der Waals surface area contributed by atoms with Gasteiger partial charge in [0.25, 0.3) is 5.56 Å². The predicted molar refractivity (Wildman–Crippen MR) is 91.5 cm³/mol. The SMILES string of the molecule is [B]c1cc2c(=O)[nH]c(C)cc2c(N(CC)C2CCOCC2)c1F. The second kappa shape index (κ2) is 6.36. The Morgan fingerprint density at radius 1 is 1.35 bits per heavy atom. The van der Waals surface area contributed by atoms with Crippen LogP contribution in [0.25, 0.3) is 10.8 Å². The molecule has 3 rings (SSSR count). The van der Waals surface area contributed by atoms with Crippen molar-refractivity contribution >= 4 is 29.8 Å². The largest absolute Gasteiger partial charge is 0.381 e. The molecule has 1 aromatic carbocycles. The summed E-state index contributed by atoms with van der Waals surface area (Å²) in [5.41, 5.74) is 0.905. The van der Waals surface area contributed by atoms with E-state index < -0.39 is 5.82 Å². The zero-order chi connectivity index (χ0) is 16.6. The lowest BCUT2D eigenvalue weighted by Crippen LogP contribution is -2.41. The molecule has 0 atom stereocenters. The third kappa shape index (κ3) is 2.87. The molecule has 2 radical (unpaired) electrons. The quantitative estimate of drug-likeness (QED) is 0.879. The standard InChI is InChI=1S/C17H20BFN2O2/c1-3-21(11-4-6-23-7-5-11)16-12-8-10(2)20-17(22)13(12)9-14(18)15(16)19/h8-9,11H,3-7H2,1-2H3,(H,20,22). The van der Waals surface area contributed by atoms with E-state index >= 15 is 0 Å². The van der Waals surface area contributed by atoms with Crippen molar-refractivity contribution < 1.29 is 9.13 Å². The minimum absolute atomic E-state index is 0.00682. The van der Waals surface area contributed by atoms with Gasteiger partial charge in [0.1, 0.15) is 13.7 Å². The molecule has 0 aliphatic carbocycles. The fraction of sp³-hybridized carbons (Fsp3) is 0.471. The number of aromatic amines is 1. The van der Waals surface area contributed by atoms with Gasteiger partial charge in [0.05, 0.1) is 5.69 Å². The van der Waals surface area contributed by atoms with Crippen molar-refractivity contribution in [2.75, 3.05) is 24.7 Å². The first-order valence-corrected chi connectivity index (χ1v) is 7.99. The maximum absolute atomic E-state index is 14.9. The van der Waals surface area contributed by atoms with Gasteiger partial charge in [-0.3, -0.25) is 4.79 Å². The highest BCUT2D eigenvalue weighted by Crippen LogP contribution is 2.31. The number of ether oxygens (including phenoxy) is 1. The average molecular weight is 314 g/mol. The number of aromatic nitrogens is 1. The van der Waals surface area contributed by atoms with Crippen LogP contribution in [0, 0.1) is 12.7 Å². The Kier molecular flexibility index (Phi) is 4.44. The molecule has 120 valence electrons. The zero-order valence-electron chi connectivity index (χ0n) is 13.5. The molecule has 1 aromatic heterocycles. The van der Waals surface area contributed by atoms with E-state index in [0.717, 1.165) is 12.8 Å². The Bertz CT molecular complexity index is 784. The first-order chi connectivity index (χ1) is 11.0. The summed E-state index contributed by atoms with van der Waals surface area (Å²) in [4.78, 5) is 17.0. The topological polar surface area (TPSA) is 45.3 Å². The van der Waals surface area contributed by atoms with Gasteiger partial charge in [-0.2, -0.15) is 0 Å². The van der Waals surface area contributed by atoms with E-state index in [4.69, 9.17) is 12.6 Å². The molecule has 1 aliphatic rings. The normalized spacial score (nSPS) is 16.0. The summed E-state index contributed by atoms with van der Waals surface area (Å²) in [5.74, 6) is -0.448. The van der Waals surface area contributed by atoms with Gasteiger partial charge in [-0.25, -0.2) is 4.39 Å². The van der Waals surface area contributed by atoms with E-state index in [1.165, 1.54) is 6.07 Å². The van der Waals surface area contributed by atoms with Crippen LogP contribution in [0.4, 0.5) is 10.1 Å². The Morgan fingerprint density at radius 3 is 2.70 bits per heavy atom. The molecule has 0 unspecified atom stereocenters. The van der Waals surface area contributed by atoms with Crippen molar-refractivity contribution in [2.24, 2.45) is 0 Å². The molecule has 2 heterocycles. The van der Waals surface area contributed by atoms with Crippen LogP contribution in [-0.2, 0) is 4.74 Å². The number of anilines is 1. The van der Waals surface area contributed by atoms with Gasteiger partial charge >= 0.3 is 0 Å². The molecule has 23 heavy (non-hydrogen) atoms. The van der Waals surface area contributed by atoms with E-state index in [1.807, 2.05) is 17.9 Å². The van der Waals surface area contributed by atoms with E-state index in [9.17, 15) is 9.18 Å². The predicted octanol–water partition coefficient (Wildman–Crippen LogP) is 1.77. The highest BCUT2D eigenvalue weighted by atomic mass is 19.1. The summed E-state index contributed by atoms with van der Waals surface area (Å²) in [6, 6.07) is 3.42. The van der Waals surface area contributed by atoms with Gasteiger partial charge in [0, 0.05) is 42.3 Å². The van der Waals surface area contributed by atoms with Crippen molar-refractivity contribution in [3.05, 3.63) is 34.0 Å². The second-order valence-electron chi connectivity index (χ2n) is 6.00. The maximum Gasteiger partial charge on any atom is 0.256 e. The Balaban J connectivity index is 2.25. The molecule has 1 saturated heterocycles. The van der Waals surface area contributed by atoms with Crippen LogP contribution in [0.1, 0.15) is 25.5 Å². The minimum atomic E-state index is -0.448. The van der Waals surface area contributed by atoms with Gasteiger partial charge < -0.3 is 14.6 Å². The average Bonchev–Trinajstić information content (AvgIpc) is 2.54. The second-order valence-corrected chi connectivity index (χ2v) is 6.00. The number of hydrogen-bond donors (Lipinski definition) is 1. The minimum Gasteiger partial charge on any atom is -0.381 e. The number of aryl methyl sites for hydroxylation is 1. The lowest BCUT2D eigenvalue weighted by atomic mass is 9.90. The van der Waals surface area contributed by atoms with Crippen molar-refractivity contribution in [1.29, 1.82) is 0 Å². The van der Waals surface area contributed by atoms with Crippen LogP contribution in [-0.4, -0.2) is 38.6 Å². The fourth-order valence-electron chi connectivity index (χ4n) is 3.39. The van der Waals surface area contributed by atoms with Gasteiger partial charge in [-0.1, -0.05) is 11.5 Å². The number of nitrogens with one attached hydrogen (secondary N) is 1. The summed E-state index contributed by atoms with van der Waals surface area (Å²) >= 11 is 0. The summed E-state index contributed by atoms with van der Waals surface area (Å²) in [6.07, 6.45) is 1.68. The highest BCUT2D eigenvalue weighted by Gasteiger charge is 2.25. The molecular formula is C17H20BFN2O2. The molecule has 1 aliphatic heterocycles. The number of pyridine rings is 1. The van der Waals surface area contributed by atoms with Crippen molar-refractivity contribution in [2.45, 2.75) is 32.7 Å². The van der Waals surface area contributed by atoms with E-state index in [1.54, 1.807) is 6.92 Å². The van der Waals surface area contributed by atoms with Gasteiger partial charge in [-0.05, 0) is 32.8 Å². The molecule has 2 aromatic rings. The number of benzene rings is 1. The van der Waals surface area contributed by atoms with Gasteiger partial charge in [0.15, 0.2) is 0 Å². The molecule has 1 fully saturated rings. The molecule has 4 nitrogen and oxygen atoms in total. The van der Waals surface area contributed by atoms with Crippen molar-refractivity contribution in [1.82, 2.24) is 4.98 Å². The Hall–Kier alpha value is -1.82. The summed E-state index contributed by atoms with van der Waals surface area (Å²) < 4.78 is 20.3. The number of H-pyrrole nitrogens is 1. The van der Waals surface area contributed by atoms with Crippen LogP contribution >= 0.6 is 0 Å². The lowest BCUT2D eigenvalue weighted by Gasteiger charge is -2.36. The van der Waals surface area contributed by atoms with E-state index in [0.29, 0.717) is 41.9 Å². The number of hydrogen-bond acceptors (Lipinski definition) is 3. The fourth-order valence-corrected chi connectivity index (χ4v) is 3.39. The molecule has 6 heteroatoms. The van der Waals surface area contributed by atoms with Crippen molar-refractivity contribution in [3.63, 3.8) is 0 Å². The van der Waals surface area contributed by atoms with Gasteiger partial charge in [0.2, 0.25) is 0 Å². The lowest BCUT2D eigenvalue weighted by molar-refractivity contribution is 0.0845. The molecule has 0 saturated carbocycles. The van der Waals surface area contributed by atoms with Crippen LogP contribution in [0.15, 0.2) is 16.9 Å². The number of halogens is 1. The molecular weight excluding hydrogens is 294 g/mol. The smallest absolute Gasteiger partial charge is 0.256 e. The number of nitrogens with zero attached hydrogens (tertiary/aromatic N) is 1. The third-order valence-electron chi connectivity index (χ3n) is 4.48. The Labute approximate surface area is 136 Å². The third-order valence-corrected chi connectivity index (χ3v) is 4.48. The van der Waals surface area contributed by atoms with Crippen LogP contribution in [0.2, 0.25) is 0 Å². The molecule has 0 amide bonds. The van der Waals surface area contributed by atoms with Crippen LogP contribution in [0.3, 0.4) is 0 Å². The highest BCUT2D eigenvalue weighted by molar-refractivity contribution is 6.34. The van der Waals surface area contributed by atoms with Gasteiger partial charge in [-0.15, -0.1) is 0 Å². The first-order valence-electron chi connectivity index (χ1n) is 7.99. The molecule has 0 bridgehead atoms. The number of fused-ring (bicyclic) bond motifs is 1. The van der Waals surface area contributed by atoms with E-state index in [2.05, 4.69) is 4.98 Å². The Morgan fingerprint density at radius 2 is 2.04 bits per heavy atom. The van der Waals surface area contributed by atoms with Crippen LogP contribution in [0.5, 0.6) is 0 Å². The van der Waals surface area contributed by atoms with Crippen LogP contribution < -0.4 is 15.9 Å². The molecule has 1 N–H and O–H groups in total. The summed E-state index contributed by atoms with van der Waals surface area (Å²) in [5, 5.41) is 1.04.